The van der Waals surface area contributed by atoms with Gasteiger partial charge in [-0.25, -0.2) is 9.78 Å². The topological polar surface area (TPSA) is 84.4 Å². The average molecular weight is 376 g/mol. The summed E-state index contributed by atoms with van der Waals surface area (Å²) in [6.07, 6.45) is 1.56. The van der Waals surface area contributed by atoms with E-state index in [9.17, 15) is 13.2 Å². The third-order valence-electron chi connectivity index (χ3n) is 3.43. The van der Waals surface area contributed by atoms with E-state index in [-0.39, 0.29) is 0 Å². The number of hydrogen-bond donors (Lipinski definition) is 1. The van der Waals surface area contributed by atoms with Crippen LogP contribution in [0.4, 0.5) is 13.2 Å². The highest BCUT2D eigenvalue weighted by Crippen LogP contribution is 2.13. The first-order valence-electron chi connectivity index (χ1n) is 7.97. The van der Waals surface area contributed by atoms with Gasteiger partial charge in [-0.1, -0.05) is 12.1 Å². The van der Waals surface area contributed by atoms with Gasteiger partial charge in [-0.3, -0.25) is 4.90 Å². The molecule has 0 amide bonds. The Morgan fingerprint density at radius 2 is 2.00 bits per heavy atom. The molecule has 0 aliphatic rings. The van der Waals surface area contributed by atoms with E-state index in [1.165, 1.54) is 0 Å². The van der Waals surface area contributed by atoms with Crippen LogP contribution in [0.15, 0.2) is 23.3 Å². The van der Waals surface area contributed by atoms with Crippen molar-refractivity contribution >= 4 is 5.97 Å². The molecule has 146 valence electrons. The van der Waals surface area contributed by atoms with Crippen molar-refractivity contribution < 1.29 is 27.6 Å². The van der Waals surface area contributed by atoms with Gasteiger partial charge >= 0.3 is 12.1 Å². The Morgan fingerprint density at radius 3 is 2.46 bits per heavy atom. The molecule has 26 heavy (non-hydrogen) atoms. The van der Waals surface area contributed by atoms with E-state index in [4.69, 9.17) is 14.4 Å². The third-order valence-corrected chi connectivity index (χ3v) is 3.43. The minimum atomic E-state index is -5.08. The lowest BCUT2D eigenvalue weighted by Crippen LogP contribution is -2.21. The van der Waals surface area contributed by atoms with Gasteiger partial charge in [0.2, 0.25) is 0 Å². The van der Waals surface area contributed by atoms with Gasteiger partial charge in [0.25, 0.3) is 0 Å². The first-order chi connectivity index (χ1) is 12.0. The molecule has 0 aromatic carbocycles. The van der Waals surface area contributed by atoms with Gasteiger partial charge < -0.3 is 14.2 Å². The maximum absolute atomic E-state index is 10.6. The van der Waals surface area contributed by atoms with E-state index in [1.54, 1.807) is 6.26 Å². The van der Waals surface area contributed by atoms with Crippen LogP contribution >= 0.6 is 0 Å². The van der Waals surface area contributed by atoms with Gasteiger partial charge in [0.15, 0.2) is 0 Å². The Kier molecular flexibility index (Phi) is 7.81. The molecule has 1 N–H and O–H groups in total. The Balaban J connectivity index is 0.000000412. The molecule has 0 aliphatic carbocycles. The van der Waals surface area contributed by atoms with Gasteiger partial charge in [-0.15, -0.1) is 0 Å². The summed E-state index contributed by atoms with van der Waals surface area (Å²) in [4.78, 5) is 15.5. The number of aromatic nitrogens is 3. The molecular formula is C16H23F3N4O3. The monoisotopic (exact) mass is 376 g/mol. The highest BCUT2D eigenvalue weighted by molar-refractivity contribution is 5.73. The van der Waals surface area contributed by atoms with Crippen LogP contribution in [0, 0.1) is 0 Å². The number of imidazole rings is 1. The highest BCUT2D eigenvalue weighted by Gasteiger charge is 2.38. The lowest BCUT2D eigenvalue weighted by atomic mass is 10.2. The summed E-state index contributed by atoms with van der Waals surface area (Å²) in [5.74, 6) is -2.76. The lowest BCUT2D eigenvalue weighted by Gasteiger charge is -2.14. The predicted molar refractivity (Wildman–Crippen MR) is 87.4 cm³/mol. The number of rotatable bonds is 6. The molecule has 0 saturated heterocycles. The molecule has 0 aliphatic heterocycles. The molecule has 0 saturated carbocycles. The fourth-order valence-electron chi connectivity index (χ4n) is 2.07. The highest BCUT2D eigenvalue weighted by atomic mass is 19.4. The Morgan fingerprint density at radius 1 is 1.38 bits per heavy atom. The van der Waals surface area contributed by atoms with Crippen LogP contribution in [0.5, 0.6) is 0 Å². The Hall–Kier alpha value is -2.36. The number of alkyl halides is 3. The van der Waals surface area contributed by atoms with Crippen molar-refractivity contribution in [3.05, 3.63) is 35.7 Å². The molecule has 0 unspecified atom stereocenters. The van der Waals surface area contributed by atoms with Crippen molar-refractivity contribution in [1.82, 2.24) is 19.6 Å². The largest absolute Gasteiger partial charge is 0.490 e. The standard InChI is InChI=1S/C14H22N4O.C2HF3O2/c1-5-14-12(9-19-16-14)6-17(4)7-13-8-18(10-15-13)11(2)3;3-2(4,5)1(6)7/h8-11H,5-7H2,1-4H3;(H,6,7). The molecule has 2 aromatic rings. The quantitative estimate of drug-likeness (QED) is 0.833. The third kappa shape index (κ3) is 6.87. The molecule has 0 spiro atoms. The summed E-state index contributed by atoms with van der Waals surface area (Å²) in [7, 11) is 2.08. The Labute approximate surface area is 149 Å². The average Bonchev–Trinajstić information content (AvgIpc) is 3.16. The van der Waals surface area contributed by atoms with Gasteiger partial charge in [-0.05, 0) is 27.3 Å². The number of aryl methyl sites for hydroxylation is 1. The van der Waals surface area contributed by atoms with Crippen LogP contribution < -0.4 is 0 Å². The van der Waals surface area contributed by atoms with Crippen molar-refractivity contribution in [2.24, 2.45) is 0 Å². The van der Waals surface area contributed by atoms with Crippen LogP contribution in [0.1, 0.15) is 43.8 Å². The Bertz CT molecular complexity index is 695. The zero-order valence-corrected chi connectivity index (χ0v) is 15.1. The van der Waals surface area contributed by atoms with Crippen LogP contribution in [0.3, 0.4) is 0 Å². The molecule has 2 rings (SSSR count). The molecule has 0 bridgehead atoms. The molecule has 7 nitrogen and oxygen atoms in total. The second-order valence-corrected chi connectivity index (χ2v) is 6.02. The normalized spacial score (nSPS) is 11.6. The van der Waals surface area contributed by atoms with E-state index in [2.05, 4.69) is 53.6 Å². The van der Waals surface area contributed by atoms with E-state index in [0.717, 1.165) is 36.5 Å². The van der Waals surface area contributed by atoms with Gasteiger partial charge in [0, 0.05) is 30.9 Å². The number of carbonyl (C=O) groups is 1. The molecule has 0 radical (unpaired) electrons. The molecule has 2 heterocycles. The SMILES string of the molecule is CCc1nocc1CN(C)Cc1cn(C(C)C)cn1.O=C(O)C(F)(F)F. The number of carboxylic acid groups (broad SMARTS) is 1. The van der Waals surface area contributed by atoms with Crippen molar-refractivity contribution in [3.8, 4) is 0 Å². The predicted octanol–water partition coefficient (Wildman–Crippen LogP) is 3.28. The maximum Gasteiger partial charge on any atom is 0.490 e. The molecule has 0 atom stereocenters. The zero-order chi connectivity index (χ0) is 19.9. The van der Waals surface area contributed by atoms with Crippen LogP contribution in [0.25, 0.3) is 0 Å². The summed E-state index contributed by atoms with van der Waals surface area (Å²) in [5, 5.41) is 11.1. The fourth-order valence-corrected chi connectivity index (χ4v) is 2.07. The van der Waals surface area contributed by atoms with Crippen molar-refractivity contribution in [3.63, 3.8) is 0 Å². The first-order valence-corrected chi connectivity index (χ1v) is 7.97. The van der Waals surface area contributed by atoms with Gasteiger partial charge in [-0.2, -0.15) is 13.2 Å². The smallest absolute Gasteiger partial charge is 0.475 e. The van der Waals surface area contributed by atoms with Crippen molar-refractivity contribution in [1.29, 1.82) is 0 Å². The van der Waals surface area contributed by atoms with Crippen molar-refractivity contribution in [2.75, 3.05) is 7.05 Å². The summed E-state index contributed by atoms with van der Waals surface area (Å²) >= 11 is 0. The molecule has 0 fully saturated rings. The minimum absolute atomic E-state index is 0.455. The lowest BCUT2D eigenvalue weighted by molar-refractivity contribution is -0.192. The van der Waals surface area contributed by atoms with E-state index < -0.39 is 12.1 Å². The number of hydrogen-bond acceptors (Lipinski definition) is 5. The van der Waals surface area contributed by atoms with Crippen LogP contribution in [-0.4, -0.2) is 43.9 Å². The van der Waals surface area contributed by atoms with Gasteiger partial charge in [0.05, 0.1) is 17.7 Å². The number of aliphatic carboxylic acids is 1. The maximum atomic E-state index is 10.6. The number of halogens is 3. The van der Waals surface area contributed by atoms with Gasteiger partial charge in [0.1, 0.15) is 6.26 Å². The summed E-state index contributed by atoms with van der Waals surface area (Å²) in [5.41, 5.74) is 3.29. The summed E-state index contributed by atoms with van der Waals surface area (Å²) in [6.45, 7) is 8.06. The van der Waals surface area contributed by atoms with Crippen molar-refractivity contribution in [2.45, 2.75) is 52.5 Å². The molecule has 2 aromatic heterocycles. The first kappa shape index (κ1) is 21.7. The van der Waals surface area contributed by atoms with Crippen LogP contribution in [-0.2, 0) is 24.3 Å². The summed E-state index contributed by atoms with van der Waals surface area (Å²) in [6, 6.07) is 0.455. The minimum Gasteiger partial charge on any atom is -0.475 e. The molecular weight excluding hydrogens is 353 g/mol. The van der Waals surface area contributed by atoms with E-state index in [1.807, 2.05) is 6.33 Å². The van der Waals surface area contributed by atoms with E-state index >= 15 is 0 Å². The zero-order valence-electron chi connectivity index (χ0n) is 15.1. The number of nitrogens with zero attached hydrogens (tertiary/aromatic N) is 4. The summed E-state index contributed by atoms with van der Waals surface area (Å²) < 4.78 is 38.9. The number of carboxylic acids is 1. The van der Waals surface area contributed by atoms with Crippen LogP contribution in [0.2, 0.25) is 0 Å². The second-order valence-electron chi connectivity index (χ2n) is 6.02. The second kappa shape index (κ2) is 9.37. The fraction of sp³-hybridized carbons (Fsp3) is 0.562. The molecule has 10 heteroatoms. The van der Waals surface area contributed by atoms with E-state index in [0.29, 0.717) is 6.04 Å².